The number of nitrogens with one attached hydrogen (secondary N) is 1. The molecule has 130 valence electrons. The number of benzene rings is 2. The maximum Gasteiger partial charge on any atom is 0.162 e. The minimum atomic E-state index is -0.338. The fourth-order valence-electron chi connectivity index (χ4n) is 2.11. The van der Waals surface area contributed by atoms with Crippen molar-refractivity contribution in [2.45, 2.75) is 32.5 Å². The largest absolute Gasteiger partial charge is 0.493 e. The van der Waals surface area contributed by atoms with Crippen LogP contribution >= 0.6 is 15.9 Å². The van der Waals surface area contributed by atoms with E-state index in [1.54, 1.807) is 7.11 Å². The van der Waals surface area contributed by atoms with Gasteiger partial charge in [0.15, 0.2) is 11.5 Å². The average molecular weight is 394 g/mol. The zero-order valence-electron chi connectivity index (χ0n) is 14.3. The van der Waals surface area contributed by atoms with E-state index in [1.165, 1.54) is 0 Å². The van der Waals surface area contributed by atoms with Crippen molar-refractivity contribution in [2.75, 3.05) is 13.7 Å². The first kappa shape index (κ1) is 18.8. The molecule has 0 heterocycles. The summed E-state index contributed by atoms with van der Waals surface area (Å²) in [7, 11) is 1.63. The maximum absolute atomic E-state index is 9.35. The normalized spacial score (nSPS) is 11.4. The summed E-state index contributed by atoms with van der Waals surface area (Å²) in [6, 6.07) is 13.9. The summed E-state index contributed by atoms with van der Waals surface area (Å²) < 4.78 is 12.3. The molecule has 5 heteroatoms. The van der Waals surface area contributed by atoms with Gasteiger partial charge in [-0.25, -0.2) is 0 Å². The smallest absolute Gasteiger partial charge is 0.162 e. The molecule has 0 fully saturated rings. The molecule has 0 aliphatic rings. The summed E-state index contributed by atoms with van der Waals surface area (Å²) in [6.45, 7) is 5.08. The predicted molar refractivity (Wildman–Crippen MR) is 99.5 cm³/mol. The summed E-state index contributed by atoms with van der Waals surface area (Å²) in [5.41, 5.74) is 1.81. The average Bonchev–Trinajstić information content (AvgIpc) is 2.60. The van der Waals surface area contributed by atoms with Crippen molar-refractivity contribution in [1.29, 1.82) is 0 Å². The van der Waals surface area contributed by atoms with Crippen LogP contribution < -0.4 is 14.8 Å². The van der Waals surface area contributed by atoms with Crippen LogP contribution in [0.2, 0.25) is 0 Å². The first-order valence-corrected chi connectivity index (χ1v) is 8.63. The fourth-order valence-corrected chi connectivity index (χ4v) is 2.57. The molecule has 0 aliphatic heterocycles. The van der Waals surface area contributed by atoms with Crippen molar-refractivity contribution < 1.29 is 14.6 Å². The lowest BCUT2D eigenvalue weighted by Gasteiger charge is -2.24. The van der Waals surface area contributed by atoms with E-state index in [1.807, 2.05) is 56.3 Å². The topological polar surface area (TPSA) is 50.7 Å². The molecule has 4 nitrogen and oxygen atoms in total. The number of aliphatic hydroxyl groups excluding tert-OH is 1. The molecule has 2 aromatic rings. The van der Waals surface area contributed by atoms with Gasteiger partial charge >= 0.3 is 0 Å². The molecule has 0 spiro atoms. The van der Waals surface area contributed by atoms with Crippen LogP contribution in [-0.4, -0.2) is 24.4 Å². The van der Waals surface area contributed by atoms with Crippen LogP contribution in [0.1, 0.15) is 25.0 Å². The molecule has 0 radical (unpaired) electrons. The van der Waals surface area contributed by atoms with Crippen molar-refractivity contribution in [1.82, 2.24) is 5.32 Å². The van der Waals surface area contributed by atoms with Gasteiger partial charge in [-0.2, -0.15) is 0 Å². The van der Waals surface area contributed by atoms with Crippen molar-refractivity contribution >= 4 is 15.9 Å². The molecule has 2 N–H and O–H groups in total. The highest BCUT2D eigenvalue weighted by Crippen LogP contribution is 2.34. The van der Waals surface area contributed by atoms with Crippen LogP contribution in [0, 0.1) is 0 Å². The molecule has 0 saturated carbocycles. The monoisotopic (exact) mass is 393 g/mol. The van der Waals surface area contributed by atoms with Crippen LogP contribution in [0.25, 0.3) is 0 Å². The van der Waals surface area contributed by atoms with Gasteiger partial charge in [-0.3, -0.25) is 0 Å². The van der Waals surface area contributed by atoms with Gasteiger partial charge in [0.2, 0.25) is 0 Å². The number of hydrogen-bond donors (Lipinski definition) is 2. The van der Waals surface area contributed by atoms with Gasteiger partial charge in [0.1, 0.15) is 6.61 Å². The van der Waals surface area contributed by atoms with Crippen LogP contribution in [0.15, 0.2) is 46.9 Å². The second-order valence-electron chi connectivity index (χ2n) is 6.26. The lowest BCUT2D eigenvalue weighted by molar-refractivity contribution is 0.187. The number of methoxy groups -OCH3 is 1. The van der Waals surface area contributed by atoms with Crippen LogP contribution in [-0.2, 0) is 13.2 Å². The predicted octanol–water partition coefficient (Wildman–Crippen LogP) is 3.90. The van der Waals surface area contributed by atoms with Crippen LogP contribution in [0.4, 0.5) is 0 Å². The quantitative estimate of drug-likeness (QED) is 0.713. The standard InChI is InChI=1S/C19H24BrNO3/c1-19(2,13-22)21-11-15-9-17(23-3)18(10-16(15)20)24-12-14-7-5-4-6-8-14/h4-10,21-22H,11-13H2,1-3H3. The zero-order chi connectivity index (χ0) is 17.6. The van der Waals surface area contributed by atoms with Gasteiger partial charge in [0.05, 0.1) is 13.7 Å². The molecule has 0 unspecified atom stereocenters. The van der Waals surface area contributed by atoms with Gasteiger partial charge in [-0.15, -0.1) is 0 Å². The first-order chi connectivity index (χ1) is 11.4. The lowest BCUT2D eigenvalue weighted by Crippen LogP contribution is -2.42. The minimum absolute atomic E-state index is 0.0695. The highest BCUT2D eigenvalue weighted by atomic mass is 79.9. The van der Waals surface area contributed by atoms with E-state index < -0.39 is 0 Å². The van der Waals surface area contributed by atoms with Crippen molar-refractivity contribution in [3.63, 3.8) is 0 Å². The van der Waals surface area contributed by atoms with E-state index >= 15 is 0 Å². The summed E-state index contributed by atoms with van der Waals surface area (Å²) >= 11 is 3.59. The van der Waals surface area contributed by atoms with Gasteiger partial charge in [-0.1, -0.05) is 46.3 Å². The van der Waals surface area contributed by atoms with E-state index in [9.17, 15) is 5.11 Å². The highest BCUT2D eigenvalue weighted by molar-refractivity contribution is 9.10. The molecule has 0 atom stereocenters. The van der Waals surface area contributed by atoms with Gasteiger partial charge in [-0.05, 0) is 37.1 Å². The second kappa shape index (κ2) is 8.51. The number of ether oxygens (including phenoxy) is 2. The van der Waals surface area contributed by atoms with Gasteiger partial charge in [0, 0.05) is 16.6 Å². The highest BCUT2D eigenvalue weighted by Gasteiger charge is 2.17. The lowest BCUT2D eigenvalue weighted by atomic mass is 10.1. The summed E-state index contributed by atoms with van der Waals surface area (Å²) in [6.07, 6.45) is 0. The Balaban J connectivity index is 2.11. The second-order valence-corrected chi connectivity index (χ2v) is 7.12. The Labute approximate surface area is 151 Å². The summed E-state index contributed by atoms with van der Waals surface area (Å²) in [5.74, 6) is 1.38. The molecular weight excluding hydrogens is 370 g/mol. The van der Waals surface area contributed by atoms with Crippen LogP contribution in [0.5, 0.6) is 11.5 Å². The van der Waals surface area contributed by atoms with E-state index in [4.69, 9.17) is 9.47 Å². The third-order valence-corrected chi connectivity index (χ3v) is 4.46. The molecule has 0 amide bonds. The third-order valence-electron chi connectivity index (χ3n) is 3.72. The number of halogens is 1. The zero-order valence-corrected chi connectivity index (χ0v) is 15.9. The van der Waals surface area contributed by atoms with Crippen molar-refractivity contribution in [3.8, 4) is 11.5 Å². The van der Waals surface area contributed by atoms with E-state index in [-0.39, 0.29) is 12.1 Å². The first-order valence-electron chi connectivity index (χ1n) is 7.84. The Morgan fingerprint density at radius 1 is 1.12 bits per heavy atom. The number of hydrogen-bond acceptors (Lipinski definition) is 4. The maximum atomic E-state index is 9.35. The summed E-state index contributed by atoms with van der Waals surface area (Å²) in [4.78, 5) is 0. The Morgan fingerprint density at radius 3 is 2.46 bits per heavy atom. The number of rotatable bonds is 8. The van der Waals surface area contributed by atoms with Gasteiger partial charge in [0.25, 0.3) is 0 Å². The molecule has 0 aliphatic carbocycles. The van der Waals surface area contributed by atoms with Crippen LogP contribution in [0.3, 0.4) is 0 Å². The fraction of sp³-hybridized carbons (Fsp3) is 0.368. The third kappa shape index (κ3) is 5.23. The molecule has 0 saturated heterocycles. The SMILES string of the molecule is COc1cc(CNC(C)(C)CO)c(Br)cc1OCc1ccccc1. The minimum Gasteiger partial charge on any atom is -0.493 e. The molecule has 2 rings (SSSR count). The van der Waals surface area contributed by atoms with E-state index in [0.717, 1.165) is 15.6 Å². The number of aliphatic hydroxyl groups is 1. The Hall–Kier alpha value is -1.56. The van der Waals surface area contributed by atoms with Crippen molar-refractivity contribution in [2.24, 2.45) is 0 Å². The molecular formula is C19H24BrNO3. The Kier molecular flexibility index (Phi) is 6.66. The Morgan fingerprint density at radius 2 is 1.83 bits per heavy atom. The molecule has 2 aromatic carbocycles. The van der Waals surface area contributed by atoms with Gasteiger partial charge < -0.3 is 19.9 Å². The Bertz CT molecular complexity index is 659. The molecule has 0 bridgehead atoms. The summed E-state index contributed by atoms with van der Waals surface area (Å²) in [5, 5.41) is 12.7. The molecule has 0 aromatic heterocycles. The molecule has 24 heavy (non-hydrogen) atoms. The van der Waals surface area contributed by atoms with E-state index in [0.29, 0.717) is 24.7 Å². The van der Waals surface area contributed by atoms with Crippen molar-refractivity contribution in [3.05, 3.63) is 58.1 Å². The van der Waals surface area contributed by atoms with E-state index in [2.05, 4.69) is 21.2 Å².